The molecule has 0 spiro atoms. The number of allylic oxidation sites excluding steroid dienone is 3. The molecular formula is C22H21Br2NO. The number of hydrogen-bond donors (Lipinski definition) is 1. The van der Waals surface area contributed by atoms with Crippen molar-refractivity contribution < 1.29 is 4.79 Å². The van der Waals surface area contributed by atoms with E-state index in [4.69, 9.17) is 0 Å². The zero-order chi connectivity index (χ0) is 18.7. The number of hydrogen-bond acceptors (Lipinski definition) is 1. The predicted octanol–water partition coefficient (Wildman–Crippen LogP) is 6.76. The summed E-state index contributed by atoms with van der Waals surface area (Å²) in [5.41, 5.74) is 4.23. The fraction of sp³-hybridized carbons (Fsp3) is 0.227. The number of para-hydroxylation sites is 1. The van der Waals surface area contributed by atoms with Crippen LogP contribution in [0, 0.1) is 12.8 Å². The van der Waals surface area contributed by atoms with Gasteiger partial charge < -0.3 is 5.32 Å². The number of carbonyl (C=O) groups is 1. The number of benzene rings is 2. The van der Waals surface area contributed by atoms with E-state index in [0.29, 0.717) is 11.8 Å². The van der Waals surface area contributed by atoms with E-state index < -0.39 is 0 Å². The average molecular weight is 475 g/mol. The topological polar surface area (TPSA) is 29.1 Å². The Bertz CT molecular complexity index is 885. The van der Waals surface area contributed by atoms with E-state index in [1.807, 2.05) is 38.1 Å². The molecule has 134 valence electrons. The standard InChI is InChI=1S/C22H21Br2NO/c1-14(11-22(26)25-21-6-4-3-5-15(21)2)7-8-16-12-18(16)17-9-10-19(23)20(24)13-17/h3-11,13,16,18H,12H2,1-2H3,(H,25,26)/t16-,18-/m1/s1. The molecule has 0 bridgehead atoms. The Hall–Kier alpha value is -1.65. The van der Waals surface area contributed by atoms with E-state index >= 15 is 0 Å². The molecule has 1 saturated carbocycles. The molecule has 2 aromatic rings. The van der Waals surface area contributed by atoms with Crippen LogP contribution in [0.2, 0.25) is 0 Å². The maximum Gasteiger partial charge on any atom is 0.248 e. The third kappa shape index (κ3) is 4.95. The Balaban J connectivity index is 1.57. The molecule has 1 fully saturated rings. The molecule has 26 heavy (non-hydrogen) atoms. The molecule has 0 radical (unpaired) electrons. The summed E-state index contributed by atoms with van der Waals surface area (Å²) in [7, 11) is 0. The van der Waals surface area contributed by atoms with Gasteiger partial charge in [0.2, 0.25) is 5.91 Å². The van der Waals surface area contributed by atoms with Gasteiger partial charge in [-0.1, -0.05) is 36.4 Å². The molecule has 0 unspecified atom stereocenters. The van der Waals surface area contributed by atoms with Crippen molar-refractivity contribution in [3.05, 3.63) is 86.3 Å². The van der Waals surface area contributed by atoms with Crippen LogP contribution in [0.5, 0.6) is 0 Å². The molecule has 2 aromatic carbocycles. The highest BCUT2D eigenvalue weighted by Gasteiger charge is 2.36. The lowest BCUT2D eigenvalue weighted by molar-refractivity contribution is -0.111. The van der Waals surface area contributed by atoms with E-state index in [0.717, 1.165) is 32.2 Å². The molecule has 0 aliphatic heterocycles. The second-order valence-electron chi connectivity index (χ2n) is 6.73. The van der Waals surface area contributed by atoms with Crippen molar-refractivity contribution >= 4 is 43.5 Å². The fourth-order valence-corrected chi connectivity index (χ4v) is 3.61. The number of rotatable bonds is 5. The number of halogens is 2. The number of amides is 1. The van der Waals surface area contributed by atoms with Crippen LogP contribution in [0.1, 0.15) is 30.4 Å². The summed E-state index contributed by atoms with van der Waals surface area (Å²) in [6.45, 7) is 3.95. The monoisotopic (exact) mass is 473 g/mol. The van der Waals surface area contributed by atoms with Crippen LogP contribution in [0.4, 0.5) is 5.69 Å². The van der Waals surface area contributed by atoms with Crippen molar-refractivity contribution in [1.29, 1.82) is 0 Å². The van der Waals surface area contributed by atoms with Crippen LogP contribution in [0.25, 0.3) is 0 Å². The molecule has 2 nitrogen and oxygen atoms in total. The van der Waals surface area contributed by atoms with Gasteiger partial charge in [-0.15, -0.1) is 0 Å². The maximum atomic E-state index is 12.2. The maximum absolute atomic E-state index is 12.2. The van der Waals surface area contributed by atoms with Crippen LogP contribution in [-0.2, 0) is 4.79 Å². The van der Waals surface area contributed by atoms with Crippen molar-refractivity contribution in [2.75, 3.05) is 5.32 Å². The van der Waals surface area contributed by atoms with Crippen molar-refractivity contribution in [3.8, 4) is 0 Å². The Morgan fingerprint density at radius 3 is 2.65 bits per heavy atom. The minimum Gasteiger partial charge on any atom is -0.322 e. The second kappa shape index (κ2) is 8.36. The van der Waals surface area contributed by atoms with Gasteiger partial charge in [0.25, 0.3) is 0 Å². The number of aryl methyl sites for hydroxylation is 1. The van der Waals surface area contributed by atoms with E-state index in [2.05, 4.69) is 67.5 Å². The largest absolute Gasteiger partial charge is 0.322 e. The van der Waals surface area contributed by atoms with Crippen molar-refractivity contribution in [2.45, 2.75) is 26.2 Å². The van der Waals surface area contributed by atoms with Crippen molar-refractivity contribution in [3.63, 3.8) is 0 Å². The van der Waals surface area contributed by atoms with Gasteiger partial charge in [-0.2, -0.15) is 0 Å². The van der Waals surface area contributed by atoms with Crippen LogP contribution >= 0.6 is 31.9 Å². The lowest BCUT2D eigenvalue weighted by Crippen LogP contribution is -2.09. The van der Waals surface area contributed by atoms with Gasteiger partial charge in [-0.05, 0) is 98.9 Å². The zero-order valence-corrected chi connectivity index (χ0v) is 18.0. The third-order valence-corrected chi connectivity index (χ3v) is 6.46. The first-order chi connectivity index (χ1) is 12.4. The second-order valence-corrected chi connectivity index (χ2v) is 8.44. The molecule has 3 rings (SSSR count). The number of nitrogens with one attached hydrogen (secondary N) is 1. The highest BCUT2D eigenvalue weighted by atomic mass is 79.9. The van der Waals surface area contributed by atoms with Crippen LogP contribution in [0.15, 0.2) is 75.2 Å². The summed E-state index contributed by atoms with van der Waals surface area (Å²) in [4.78, 5) is 12.2. The molecule has 0 saturated heterocycles. The minimum absolute atomic E-state index is 0.0920. The van der Waals surface area contributed by atoms with E-state index in [-0.39, 0.29) is 5.91 Å². The first-order valence-corrected chi connectivity index (χ1v) is 10.2. The SMILES string of the molecule is CC(C=C[C@@H]1C[C@H]1c1ccc(Br)c(Br)c1)=CC(=O)Nc1ccccc1C. The van der Waals surface area contributed by atoms with E-state index in [1.165, 1.54) is 5.56 Å². The van der Waals surface area contributed by atoms with Gasteiger partial charge in [0.05, 0.1) is 0 Å². The van der Waals surface area contributed by atoms with Gasteiger partial charge >= 0.3 is 0 Å². The smallest absolute Gasteiger partial charge is 0.248 e. The molecule has 2 atom stereocenters. The first-order valence-electron chi connectivity index (χ1n) is 8.62. The summed E-state index contributed by atoms with van der Waals surface area (Å²) in [6.07, 6.45) is 7.08. The van der Waals surface area contributed by atoms with Gasteiger partial charge in [-0.25, -0.2) is 0 Å². The average Bonchev–Trinajstić information content (AvgIpc) is 3.37. The molecular weight excluding hydrogens is 454 g/mol. The van der Waals surface area contributed by atoms with Crippen molar-refractivity contribution in [2.24, 2.45) is 5.92 Å². The number of carbonyl (C=O) groups excluding carboxylic acids is 1. The highest BCUT2D eigenvalue weighted by molar-refractivity contribution is 9.13. The fourth-order valence-electron chi connectivity index (χ4n) is 2.97. The first kappa shape index (κ1) is 19.1. The van der Waals surface area contributed by atoms with Gasteiger partial charge in [0.1, 0.15) is 0 Å². The van der Waals surface area contributed by atoms with Gasteiger partial charge in [0, 0.05) is 20.7 Å². The van der Waals surface area contributed by atoms with Crippen LogP contribution in [0.3, 0.4) is 0 Å². The van der Waals surface area contributed by atoms with E-state index in [1.54, 1.807) is 6.08 Å². The molecule has 0 aromatic heterocycles. The number of anilines is 1. The Kier molecular flexibility index (Phi) is 6.15. The molecule has 4 heteroatoms. The van der Waals surface area contributed by atoms with Crippen LogP contribution < -0.4 is 5.32 Å². The summed E-state index contributed by atoms with van der Waals surface area (Å²) in [6, 6.07) is 14.2. The summed E-state index contributed by atoms with van der Waals surface area (Å²) >= 11 is 7.07. The van der Waals surface area contributed by atoms with Gasteiger partial charge in [-0.3, -0.25) is 4.79 Å². The zero-order valence-electron chi connectivity index (χ0n) is 14.8. The predicted molar refractivity (Wildman–Crippen MR) is 115 cm³/mol. The highest BCUT2D eigenvalue weighted by Crippen LogP contribution is 2.49. The van der Waals surface area contributed by atoms with Crippen LogP contribution in [-0.4, -0.2) is 5.91 Å². The van der Waals surface area contributed by atoms with Crippen molar-refractivity contribution in [1.82, 2.24) is 0 Å². The minimum atomic E-state index is -0.0920. The molecule has 1 amide bonds. The summed E-state index contributed by atoms with van der Waals surface area (Å²) in [5, 5.41) is 2.93. The summed E-state index contributed by atoms with van der Waals surface area (Å²) < 4.78 is 2.17. The van der Waals surface area contributed by atoms with Gasteiger partial charge in [0.15, 0.2) is 0 Å². The Morgan fingerprint density at radius 2 is 1.92 bits per heavy atom. The summed E-state index contributed by atoms with van der Waals surface area (Å²) in [5.74, 6) is 1.03. The van der Waals surface area contributed by atoms with E-state index in [9.17, 15) is 4.79 Å². The lowest BCUT2D eigenvalue weighted by atomic mass is 10.1. The quantitative estimate of drug-likeness (QED) is 0.376. The Morgan fingerprint density at radius 1 is 1.15 bits per heavy atom. The Labute approximate surface area is 171 Å². The normalized spacial score (nSPS) is 19.6. The third-order valence-electron chi connectivity index (χ3n) is 4.58. The lowest BCUT2D eigenvalue weighted by Gasteiger charge is -2.05. The molecule has 1 N–H and O–H groups in total. The molecule has 1 aliphatic rings. The molecule has 1 aliphatic carbocycles. The molecule has 0 heterocycles.